The van der Waals surface area contributed by atoms with Crippen LogP contribution in [-0.2, 0) is 11.2 Å². The van der Waals surface area contributed by atoms with E-state index in [1.165, 1.54) is 12.1 Å². The third-order valence-electron chi connectivity index (χ3n) is 4.76. The summed E-state index contributed by atoms with van der Waals surface area (Å²) in [6.45, 7) is 0. The topological polar surface area (TPSA) is 105 Å². The maximum Gasteiger partial charge on any atom is 0.295 e. The molecule has 4 rings (SSSR count). The normalized spacial score (nSPS) is 19.7. The van der Waals surface area contributed by atoms with Crippen LogP contribution in [0.1, 0.15) is 15.9 Å². The molecule has 1 atom stereocenters. The van der Waals surface area contributed by atoms with Gasteiger partial charge in [0, 0.05) is 30.3 Å². The predicted octanol–water partition coefficient (Wildman–Crippen LogP) is 2.59. The molecule has 144 valence electrons. The van der Waals surface area contributed by atoms with E-state index < -0.39 is 22.4 Å². The van der Waals surface area contributed by atoms with E-state index >= 15 is 0 Å². The summed E-state index contributed by atoms with van der Waals surface area (Å²) in [6.07, 6.45) is 6.81. The number of hydrogen-bond acceptors (Lipinski definition) is 5. The molecule has 8 nitrogen and oxygen atoms in total. The lowest BCUT2D eigenvalue weighted by Gasteiger charge is -2.37. The van der Waals surface area contributed by atoms with E-state index in [1.807, 2.05) is 0 Å². The molecule has 1 N–H and O–H groups in total. The smallest absolute Gasteiger partial charge is 0.295 e. The van der Waals surface area contributed by atoms with Gasteiger partial charge in [-0.2, -0.15) is 4.99 Å². The lowest BCUT2D eigenvalue weighted by Crippen LogP contribution is -2.63. The van der Waals surface area contributed by atoms with Crippen LogP contribution in [0.15, 0.2) is 84.0 Å². The number of carbonyl (C=O) groups excluding carboxylic acids is 2. The van der Waals surface area contributed by atoms with E-state index in [0.29, 0.717) is 17.0 Å². The van der Waals surface area contributed by atoms with Gasteiger partial charge in [0.2, 0.25) is 5.66 Å². The van der Waals surface area contributed by atoms with Crippen LogP contribution in [0.25, 0.3) is 0 Å². The standard InChI is InChI=1S/C21H16N4O4/c26-19(16-8-2-1-3-9-16)23-21(14-15-7-6-10-17(13-15)25(28)29)20(27)22-18-11-4-5-12-24(18)21/h1-13H,14H2,(H,23,26). The van der Waals surface area contributed by atoms with Crippen LogP contribution in [0.2, 0.25) is 0 Å². The third-order valence-corrected chi connectivity index (χ3v) is 4.76. The summed E-state index contributed by atoms with van der Waals surface area (Å²) in [5, 5.41) is 14.0. The number of rotatable bonds is 5. The molecule has 8 heteroatoms. The molecule has 0 spiro atoms. The average molecular weight is 388 g/mol. The molecule has 2 aromatic rings. The second-order valence-corrected chi connectivity index (χ2v) is 6.63. The number of fused-ring (bicyclic) bond motifs is 1. The van der Waals surface area contributed by atoms with Crippen molar-refractivity contribution in [2.24, 2.45) is 4.99 Å². The number of nitro groups is 1. The molecule has 2 heterocycles. The zero-order valence-corrected chi connectivity index (χ0v) is 15.2. The molecule has 0 saturated carbocycles. The molecule has 1 unspecified atom stereocenters. The molecule has 0 bridgehead atoms. The molecule has 0 saturated heterocycles. The molecular weight excluding hydrogens is 372 g/mol. The zero-order valence-electron chi connectivity index (χ0n) is 15.2. The van der Waals surface area contributed by atoms with Crippen LogP contribution in [-0.4, -0.2) is 33.1 Å². The van der Waals surface area contributed by atoms with Crippen molar-refractivity contribution in [2.75, 3.05) is 0 Å². The fourth-order valence-corrected chi connectivity index (χ4v) is 3.39. The van der Waals surface area contributed by atoms with E-state index in [2.05, 4.69) is 10.3 Å². The number of benzene rings is 2. The Morgan fingerprint density at radius 1 is 1.14 bits per heavy atom. The fourth-order valence-electron chi connectivity index (χ4n) is 3.39. The number of nitro benzene ring substituents is 1. The molecule has 2 aliphatic heterocycles. The lowest BCUT2D eigenvalue weighted by atomic mass is 9.96. The second kappa shape index (κ2) is 7.16. The van der Waals surface area contributed by atoms with Crippen molar-refractivity contribution < 1.29 is 14.5 Å². The third kappa shape index (κ3) is 3.31. The van der Waals surface area contributed by atoms with Gasteiger partial charge in [-0.25, -0.2) is 0 Å². The molecular formula is C21H16N4O4. The summed E-state index contributed by atoms with van der Waals surface area (Å²) in [4.78, 5) is 42.2. The van der Waals surface area contributed by atoms with E-state index in [9.17, 15) is 19.7 Å². The summed E-state index contributed by atoms with van der Waals surface area (Å²) in [6, 6.07) is 14.5. The molecule has 2 aliphatic rings. The van der Waals surface area contributed by atoms with Crippen molar-refractivity contribution >= 4 is 23.3 Å². The van der Waals surface area contributed by atoms with E-state index in [-0.39, 0.29) is 12.1 Å². The fraction of sp³-hybridized carbons (Fsp3) is 0.0952. The number of amidine groups is 1. The summed E-state index contributed by atoms with van der Waals surface area (Å²) in [7, 11) is 0. The Morgan fingerprint density at radius 3 is 2.69 bits per heavy atom. The first-order valence-corrected chi connectivity index (χ1v) is 8.88. The van der Waals surface area contributed by atoms with E-state index in [0.717, 1.165) is 0 Å². The molecule has 0 radical (unpaired) electrons. The van der Waals surface area contributed by atoms with Gasteiger partial charge in [0.1, 0.15) is 5.84 Å². The van der Waals surface area contributed by atoms with E-state index in [1.54, 1.807) is 71.8 Å². The maximum atomic E-state index is 13.0. The molecule has 2 aromatic carbocycles. The number of nitrogens with zero attached hydrogens (tertiary/aromatic N) is 3. The van der Waals surface area contributed by atoms with Crippen LogP contribution < -0.4 is 5.32 Å². The van der Waals surface area contributed by atoms with E-state index in [4.69, 9.17) is 0 Å². The van der Waals surface area contributed by atoms with Crippen LogP contribution in [0.5, 0.6) is 0 Å². The highest BCUT2D eigenvalue weighted by Crippen LogP contribution is 2.30. The lowest BCUT2D eigenvalue weighted by molar-refractivity contribution is -0.384. The monoisotopic (exact) mass is 388 g/mol. The number of non-ortho nitro benzene ring substituents is 1. The molecule has 0 aliphatic carbocycles. The Bertz CT molecular complexity index is 1090. The van der Waals surface area contributed by atoms with Gasteiger partial charge in [0.25, 0.3) is 17.5 Å². The first-order chi connectivity index (χ1) is 14.0. The minimum absolute atomic E-state index is 0.0112. The SMILES string of the molecule is O=C(NC1(Cc2cccc([N+](=O)[O-])c2)C(=O)N=C2C=CC=CN21)c1ccccc1. The van der Waals surface area contributed by atoms with Crippen LogP contribution in [0.3, 0.4) is 0 Å². The number of hydrogen-bond donors (Lipinski definition) is 1. The number of allylic oxidation sites excluding steroid dienone is 2. The molecule has 29 heavy (non-hydrogen) atoms. The summed E-state index contributed by atoms with van der Waals surface area (Å²) in [5.74, 6) is -0.584. The highest BCUT2D eigenvalue weighted by Gasteiger charge is 2.51. The van der Waals surface area contributed by atoms with Crippen molar-refractivity contribution in [2.45, 2.75) is 12.1 Å². The van der Waals surface area contributed by atoms with Crippen LogP contribution >= 0.6 is 0 Å². The first kappa shape index (κ1) is 18.3. The van der Waals surface area contributed by atoms with Gasteiger partial charge >= 0.3 is 0 Å². The maximum absolute atomic E-state index is 13.0. The van der Waals surface area contributed by atoms with Gasteiger partial charge in [0.15, 0.2) is 0 Å². The minimum Gasteiger partial charge on any atom is -0.321 e. The minimum atomic E-state index is -1.52. The Balaban J connectivity index is 1.74. The Kier molecular flexibility index (Phi) is 4.52. The first-order valence-electron chi connectivity index (χ1n) is 8.88. The number of aliphatic imine (C=N–C) groups is 1. The number of nitrogens with one attached hydrogen (secondary N) is 1. The quantitative estimate of drug-likeness (QED) is 0.626. The van der Waals surface area contributed by atoms with Gasteiger partial charge in [-0.3, -0.25) is 19.7 Å². The second-order valence-electron chi connectivity index (χ2n) is 6.63. The zero-order chi connectivity index (χ0) is 20.4. The summed E-state index contributed by atoms with van der Waals surface area (Å²) in [5.41, 5.74) is -0.685. The van der Waals surface area contributed by atoms with Crippen molar-refractivity contribution in [3.8, 4) is 0 Å². The highest BCUT2D eigenvalue weighted by molar-refractivity contribution is 6.13. The Labute approximate surface area is 166 Å². The Hall–Kier alpha value is -4.07. The van der Waals surface area contributed by atoms with Gasteiger partial charge < -0.3 is 10.2 Å². The van der Waals surface area contributed by atoms with Crippen molar-refractivity contribution in [1.29, 1.82) is 0 Å². The van der Waals surface area contributed by atoms with Gasteiger partial charge in [-0.1, -0.05) is 36.4 Å². The van der Waals surface area contributed by atoms with Gasteiger partial charge in [0.05, 0.1) is 4.92 Å². The van der Waals surface area contributed by atoms with Gasteiger partial charge in [-0.05, 0) is 29.8 Å². The molecule has 0 aromatic heterocycles. The number of carbonyl (C=O) groups is 2. The van der Waals surface area contributed by atoms with Crippen molar-refractivity contribution in [3.05, 3.63) is 100 Å². The predicted molar refractivity (Wildman–Crippen MR) is 106 cm³/mol. The largest absolute Gasteiger partial charge is 0.321 e. The number of amides is 2. The highest BCUT2D eigenvalue weighted by atomic mass is 16.6. The van der Waals surface area contributed by atoms with Crippen LogP contribution in [0, 0.1) is 10.1 Å². The van der Waals surface area contributed by atoms with Crippen molar-refractivity contribution in [3.63, 3.8) is 0 Å². The summed E-state index contributed by atoms with van der Waals surface area (Å²) < 4.78 is 0. The van der Waals surface area contributed by atoms with Crippen LogP contribution in [0.4, 0.5) is 5.69 Å². The van der Waals surface area contributed by atoms with Gasteiger partial charge in [-0.15, -0.1) is 0 Å². The van der Waals surface area contributed by atoms with Crippen molar-refractivity contribution in [1.82, 2.24) is 10.2 Å². The Morgan fingerprint density at radius 2 is 1.93 bits per heavy atom. The molecule has 2 amide bonds. The average Bonchev–Trinajstić information content (AvgIpc) is 3.00. The molecule has 0 fully saturated rings. The summed E-state index contributed by atoms with van der Waals surface area (Å²) >= 11 is 0.